The summed E-state index contributed by atoms with van der Waals surface area (Å²) in [4.78, 5) is 28.5. The predicted octanol–water partition coefficient (Wildman–Crippen LogP) is 2.85. The van der Waals surface area contributed by atoms with Crippen LogP contribution in [-0.2, 0) is 9.59 Å². The van der Waals surface area contributed by atoms with Gasteiger partial charge in [-0.1, -0.05) is 48.5 Å². The Bertz CT molecular complexity index is 809. The van der Waals surface area contributed by atoms with E-state index >= 15 is 0 Å². The molecule has 1 saturated heterocycles. The molecule has 1 aliphatic heterocycles. The Labute approximate surface area is 160 Å². The minimum Gasteiger partial charge on any atom is -0.376 e. The molecule has 2 aliphatic rings. The normalized spacial score (nSPS) is 16.9. The van der Waals surface area contributed by atoms with Gasteiger partial charge in [-0.3, -0.25) is 9.59 Å². The fraction of sp³-hybridized carbons (Fsp3) is 0.364. The molecule has 0 aromatic heterocycles. The molecular weight excluding hydrogens is 338 g/mol. The molecule has 2 aromatic carbocycles. The zero-order valence-electron chi connectivity index (χ0n) is 15.4. The summed E-state index contributed by atoms with van der Waals surface area (Å²) in [5.74, 6) is 0.608. The van der Waals surface area contributed by atoms with E-state index in [0.717, 1.165) is 29.7 Å². The highest BCUT2D eigenvalue weighted by Gasteiger charge is 2.35. The zero-order valence-corrected chi connectivity index (χ0v) is 15.4. The van der Waals surface area contributed by atoms with E-state index < -0.39 is 0 Å². The number of carbonyl (C=O) groups excluding carboxylic acids is 2. The average molecular weight is 363 g/mol. The van der Waals surface area contributed by atoms with Crippen LogP contribution in [0.2, 0.25) is 0 Å². The number of nitrogens with zero attached hydrogens (tertiary/aromatic N) is 2. The first-order valence-electron chi connectivity index (χ1n) is 9.67. The topological polar surface area (TPSA) is 52.7 Å². The maximum atomic E-state index is 12.6. The second kappa shape index (κ2) is 7.82. The van der Waals surface area contributed by atoms with Crippen molar-refractivity contribution < 1.29 is 9.59 Å². The molecular formula is C22H25N3O2. The van der Waals surface area contributed by atoms with Gasteiger partial charge in [0.05, 0.1) is 6.54 Å². The summed E-state index contributed by atoms with van der Waals surface area (Å²) in [6, 6.07) is 18.2. The number of benzene rings is 2. The molecule has 0 unspecified atom stereocenters. The number of nitrogens with one attached hydrogen (secondary N) is 1. The highest BCUT2D eigenvalue weighted by Crippen LogP contribution is 2.31. The molecule has 27 heavy (non-hydrogen) atoms. The molecule has 0 radical (unpaired) electrons. The van der Waals surface area contributed by atoms with Crippen LogP contribution in [0, 0.1) is 5.92 Å². The quantitative estimate of drug-likeness (QED) is 0.889. The fourth-order valence-electron chi connectivity index (χ4n) is 3.55. The van der Waals surface area contributed by atoms with Crippen LogP contribution in [0.25, 0.3) is 11.1 Å². The Balaban J connectivity index is 1.33. The van der Waals surface area contributed by atoms with Crippen LogP contribution >= 0.6 is 0 Å². The SMILES string of the molecule is O=C(CNc1ccccc1-c1ccccc1)N1CCN(C(=O)C2CC2)CC1. The minimum atomic E-state index is 0.0800. The monoisotopic (exact) mass is 363 g/mol. The maximum Gasteiger partial charge on any atom is 0.241 e. The third-order valence-corrected chi connectivity index (χ3v) is 5.31. The second-order valence-electron chi connectivity index (χ2n) is 7.25. The van der Waals surface area contributed by atoms with E-state index in [2.05, 4.69) is 23.5 Å². The van der Waals surface area contributed by atoms with Crippen LogP contribution in [-0.4, -0.2) is 54.3 Å². The number of piperazine rings is 1. The molecule has 1 N–H and O–H groups in total. The number of rotatable bonds is 5. The van der Waals surface area contributed by atoms with Crippen molar-refractivity contribution in [1.29, 1.82) is 0 Å². The maximum absolute atomic E-state index is 12.6. The minimum absolute atomic E-state index is 0.0800. The third kappa shape index (κ3) is 4.13. The van der Waals surface area contributed by atoms with E-state index in [1.807, 2.05) is 46.2 Å². The Morgan fingerprint density at radius 2 is 1.48 bits per heavy atom. The molecule has 1 aliphatic carbocycles. The highest BCUT2D eigenvalue weighted by atomic mass is 16.2. The van der Waals surface area contributed by atoms with E-state index in [4.69, 9.17) is 0 Å². The number of hydrogen-bond acceptors (Lipinski definition) is 3. The largest absolute Gasteiger partial charge is 0.376 e. The molecule has 140 valence electrons. The van der Waals surface area contributed by atoms with E-state index in [1.165, 1.54) is 0 Å². The summed E-state index contributed by atoms with van der Waals surface area (Å²) in [5, 5.41) is 3.30. The first-order valence-corrected chi connectivity index (χ1v) is 9.67. The van der Waals surface area contributed by atoms with Crippen molar-refractivity contribution >= 4 is 17.5 Å². The van der Waals surface area contributed by atoms with Crippen LogP contribution in [0.4, 0.5) is 5.69 Å². The van der Waals surface area contributed by atoms with Crippen molar-refractivity contribution in [2.24, 2.45) is 5.92 Å². The fourth-order valence-corrected chi connectivity index (χ4v) is 3.55. The molecule has 0 bridgehead atoms. The lowest BCUT2D eigenvalue weighted by Gasteiger charge is -2.35. The number of carbonyl (C=O) groups is 2. The first-order chi connectivity index (χ1) is 13.2. The van der Waals surface area contributed by atoms with Crippen molar-refractivity contribution in [3.63, 3.8) is 0 Å². The molecule has 4 rings (SSSR count). The Kier molecular flexibility index (Phi) is 5.10. The number of amides is 2. The standard InChI is InChI=1S/C22H25N3O2/c26-21(24-12-14-25(15-13-24)22(27)18-10-11-18)16-23-20-9-5-4-8-19(20)17-6-2-1-3-7-17/h1-9,18,23H,10-16H2. The van der Waals surface area contributed by atoms with Gasteiger partial charge in [-0.05, 0) is 24.5 Å². The van der Waals surface area contributed by atoms with E-state index in [9.17, 15) is 9.59 Å². The lowest BCUT2D eigenvalue weighted by Crippen LogP contribution is -2.52. The summed E-state index contributed by atoms with van der Waals surface area (Å²) in [5.41, 5.74) is 3.17. The summed E-state index contributed by atoms with van der Waals surface area (Å²) < 4.78 is 0. The van der Waals surface area contributed by atoms with Gasteiger partial charge in [0.15, 0.2) is 0 Å². The van der Waals surface area contributed by atoms with Crippen molar-refractivity contribution in [3.05, 3.63) is 54.6 Å². The Morgan fingerprint density at radius 3 is 2.19 bits per heavy atom. The van der Waals surface area contributed by atoms with Gasteiger partial charge in [-0.15, -0.1) is 0 Å². The van der Waals surface area contributed by atoms with Gasteiger partial charge >= 0.3 is 0 Å². The Morgan fingerprint density at radius 1 is 0.852 bits per heavy atom. The van der Waals surface area contributed by atoms with Crippen molar-refractivity contribution in [3.8, 4) is 11.1 Å². The van der Waals surface area contributed by atoms with Crippen molar-refractivity contribution in [1.82, 2.24) is 9.80 Å². The van der Waals surface area contributed by atoms with Crippen molar-refractivity contribution in [2.75, 3.05) is 38.0 Å². The van der Waals surface area contributed by atoms with Gasteiger partial charge in [-0.2, -0.15) is 0 Å². The summed E-state index contributed by atoms with van der Waals surface area (Å²) in [7, 11) is 0. The van der Waals surface area contributed by atoms with E-state index in [0.29, 0.717) is 26.2 Å². The van der Waals surface area contributed by atoms with Crippen LogP contribution in [0.3, 0.4) is 0 Å². The molecule has 0 spiro atoms. The number of hydrogen-bond donors (Lipinski definition) is 1. The predicted molar refractivity (Wildman–Crippen MR) is 106 cm³/mol. The van der Waals surface area contributed by atoms with Crippen molar-refractivity contribution in [2.45, 2.75) is 12.8 Å². The molecule has 2 amide bonds. The molecule has 1 heterocycles. The average Bonchev–Trinajstić information content (AvgIpc) is 3.58. The first kappa shape index (κ1) is 17.6. The van der Waals surface area contributed by atoms with Gasteiger partial charge in [0.1, 0.15) is 0 Å². The van der Waals surface area contributed by atoms with Crippen LogP contribution < -0.4 is 5.32 Å². The lowest BCUT2D eigenvalue weighted by atomic mass is 10.0. The zero-order chi connectivity index (χ0) is 18.6. The summed E-state index contributed by atoms with van der Waals surface area (Å²) in [6.45, 7) is 2.82. The molecule has 0 atom stereocenters. The summed E-state index contributed by atoms with van der Waals surface area (Å²) >= 11 is 0. The molecule has 5 nitrogen and oxygen atoms in total. The third-order valence-electron chi connectivity index (χ3n) is 5.31. The van der Waals surface area contributed by atoms with Crippen LogP contribution in [0.5, 0.6) is 0 Å². The Hall–Kier alpha value is -2.82. The van der Waals surface area contributed by atoms with Gasteiger partial charge in [0, 0.05) is 43.3 Å². The molecule has 1 saturated carbocycles. The van der Waals surface area contributed by atoms with Crippen LogP contribution in [0.1, 0.15) is 12.8 Å². The number of para-hydroxylation sites is 1. The number of anilines is 1. The van der Waals surface area contributed by atoms with E-state index in [-0.39, 0.29) is 24.3 Å². The molecule has 5 heteroatoms. The van der Waals surface area contributed by atoms with Gasteiger partial charge in [-0.25, -0.2) is 0 Å². The lowest BCUT2D eigenvalue weighted by molar-refractivity contribution is -0.139. The van der Waals surface area contributed by atoms with Crippen LogP contribution in [0.15, 0.2) is 54.6 Å². The smallest absolute Gasteiger partial charge is 0.241 e. The van der Waals surface area contributed by atoms with E-state index in [1.54, 1.807) is 0 Å². The highest BCUT2D eigenvalue weighted by molar-refractivity contribution is 5.85. The van der Waals surface area contributed by atoms with Gasteiger partial charge < -0.3 is 15.1 Å². The molecule has 2 aromatic rings. The summed E-state index contributed by atoms with van der Waals surface area (Å²) in [6.07, 6.45) is 2.06. The second-order valence-corrected chi connectivity index (χ2v) is 7.25. The van der Waals surface area contributed by atoms with Gasteiger partial charge in [0.25, 0.3) is 0 Å². The molecule has 2 fully saturated rings. The van der Waals surface area contributed by atoms with Gasteiger partial charge in [0.2, 0.25) is 11.8 Å².